The van der Waals surface area contributed by atoms with Crippen LogP contribution in [0.15, 0.2) is 36.5 Å². The first-order valence-electron chi connectivity index (χ1n) is 6.22. The van der Waals surface area contributed by atoms with E-state index < -0.39 is 5.97 Å². The average molecular weight is 288 g/mol. The van der Waals surface area contributed by atoms with E-state index in [2.05, 4.69) is 4.98 Å². The van der Waals surface area contributed by atoms with Gasteiger partial charge in [-0.1, -0.05) is 0 Å². The second kappa shape index (κ2) is 6.13. The highest BCUT2D eigenvalue weighted by molar-refractivity contribution is 5.88. The largest absolute Gasteiger partial charge is 0.497 e. The van der Waals surface area contributed by atoms with Crippen LogP contribution >= 0.6 is 0 Å². The lowest BCUT2D eigenvalue weighted by Gasteiger charge is -2.21. The van der Waals surface area contributed by atoms with Gasteiger partial charge in [0, 0.05) is 19.3 Å². The molecule has 1 aromatic carbocycles. The number of carbonyl (C=O) groups is 1. The smallest absolute Gasteiger partial charge is 0.335 e. The van der Waals surface area contributed by atoms with Crippen LogP contribution < -0.4 is 14.4 Å². The number of benzene rings is 1. The molecule has 2 rings (SSSR count). The van der Waals surface area contributed by atoms with Crippen molar-refractivity contribution in [3.8, 4) is 11.5 Å². The third kappa shape index (κ3) is 3.05. The number of anilines is 2. The Labute approximate surface area is 122 Å². The van der Waals surface area contributed by atoms with Crippen LogP contribution in [-0.2, 0) is 0 Å². The molecule has 0 aliphatic rings. The van der Waals surface area contributed by atoms with Crippen LogP contribution in [-0.4, -0.2) is 37.3 Å². The summed E-state index contributed by atoms with van der Waals surface area (Å²) in [4.78, 5) is 17.0. The topological polar surface area (TPSA) is 71.9 Å². The third-order valence-electron chi connectivity index (χ3n) is 3.08. The number of carboxylic acids is 1. The minimum atomic E-state index is -0.992. The molecule has 0 fully saturated rings. The second-order valence-corrected chi connectivity index (χ2v) is 4.30. The second-order valence-electron chi connectivity index (χ2n) is 4.30. The van der Waals surface area contributed by atoms with E-state index in [1.165, 1.54) is 18.3 Å². The molecule has 0 saturated carbocycles. The highest BCUT2D eigenvalue weighted by atomic mass is 16.5. The molecule has 0 bridgehead atoms. The van der Waals surface area contributed by atoms with Gasteiger partial charge in [-0.3, -0.25) is 0 Å². The van der Waals surface area contributed by atoms with Crippen LogP contribution in [0.4, 0.5) is 11.5 Å². The van der Waals surface area contributed by atoms with E-state index in [1.54, 1.807) is 38.3 Å². The van der Waals surface area contributed by atoms with Gasteiger partial charge in [0.2, 0.25) is 0 Å². The summed E-state index contributed by atoms with van der Waals surface area (Å²) in [5, 5.41) is 9.04. The summed E-state index contributed by atoms with van der Waals surface area (Å²) in [6.07, 6.45) is 1.46. The van der Waals surface area contributed by atoms with Crippen molar-refractivity contribution in [3.05, 3.63) is 42.1 Å². The van der Waals surface area contributed by atoms with Crippen molar-refractivity contribution in [2.75, 3.05) is 26.2 Å². The zero-order valence-electron chi connectivity index (χ0n) is 12.0. The molecule has 1 N–H and O–H groups in total. The fraction of sp³-hybridized carbons (Fsp3) is 0.200. The number of rotatable bonds is 5. The number of ether oxygens (including phenoxy) is 2. The predicted octanol–water partition coefficient (Wildman–Crippen LogP) is 2.56. The number of methoxy groups -OCH3 is 2. The quantitative estimate of drug-likeness (QED) is 0.911. The van der Waals surface area contributed by atoms with Gasteiger partial charge in [-0.15, -0.1) is 0 Å². The molecule has 0 amide bonds. The fourth-order valence-corrected chi connectivity index (χ4v) is 1.92. The Morgan fingerprint density at radius 1 is 1.19 bits per heavy atom. The van der Waals surface area contributed by atoms with Crippen molar-refractivity contribution >= 4 is 17.5 Å². The number of nitrogens with zero attached hydrogens (tertiary/aromatic N) is 2. The molecule has 110 valence electrons. The molecule has 6 heteroatoms. The molecule has 6 nitrogen and oxygen atoms in total. The van der Waals surface area contributed by atoms with Crippen molar-refractivity contribution in [1.82, 2.24) is 4.98 Å². The Balaban J connectivity index is 2.41. The maximum absolute atomic E-state index is 11.0. The van der Waals surface area contributed by atoms with Gasteiger partial charge in [0.25, 0.3) is 0 Å². The van der Waals surface area contributed by atoms with E-state index in [4.69, 9.17) is 14.6 Å². The lowest BCUT2D eigenvalue weighted by Crippen LogP contribution is -2.13. The molecule has 1 heterocycles. The van der Waals surface area contributed by atoms with Gasteiger partial charge in [-0.05, 0) is 24.3 Å². The molecule has 0 radical (unpaired) electrons. The van der Waals surface area contributed by atoms with Gasteiger partial charge in [0.05, 0.1) is 25.5 Å². The number of hydrogen-bond acceptors (Lipinski definition) is 5. The van der Waals surface area contributed by atoms with Crippen LogP contribution in [0.3, 0.4) is 0 Å². The minimum Gasteiger partial charge on any atom is -0.497 e. The van der Waals surface area contributed by atoms with Gasteiger partial charge in [-0.2, -0.15) is 0 Å². The fourth-order valence-electron chi connectivity index (χ4n) is 1.92. The van der Waals surface area contributed by atoms with Crippen LogP contribution in [0.25, 0.3) is 0 Å². The van der Waals surface area contributed by atoms with E-state index in [1.807, 2.05) is 6.07 Å². The molecule has 0 aliphatic heterocycles. The van der Waals surface area contributed by atoms with Crippen molar-refractivity contribution < 1.29 is 19.4 Å². The number of carboxylic acid groups (broad SMARTS) is 1. The van der Waals surface area contributed by atoms with E-state index in [-0.39, 0.29) is 5.56 Å². The van der Waals surface area contributed by atoms with Crippen LogP contribution in [0.2, 0.25) is 0 Å². The number of pyridine rings is 1. The molecule has 0 spiro atoms. The Bertz CT molecular complexity index is 658. The van der Waals surface area contributed by atoms with Gasteiger partial charge in [0.1, 0.15) is 17.3 Å². The van der Waals surface area contributed by atoms with Crippen LogP contribution in [0, 0.1) is 0 Å². The van der Waals surface area contributed by atoms with Gasteiger partial charge >= 0.3 is 5.97 Å². The molecule has 0 atom stereocenters. The maximum atomic E-state index is 11.0. The summed E-state index contributed by atoms with van der Waals surface area (Å²) in [6, 6.07) is 8.34. The van der Waals surface area contributed by atoms with Crippen molar-refractivity contribution in [2.24, 2.45) is 0 Å². The Hall–Kier alpha value is -2.76. The third-order valence-corrected chi connectivity index (χ3v) is 3.08. The normalized spacial score (nSPS) is 10.0. The molecule has 0 aliphatic carbocycles. The van der Waals surface area contributed by atoms with Crippen LogP contribution in [0.1, 0.15) is 10.4 Å². The minimum absolute atomic E-state index is 0.180. The summed E-state index contributed by atoms with van der Waals surface area (Å²) >= 11 is 0. The highest BCUT2D eigenvalue weighted by Gasteiger charge is 2.14. The highest BCUT2D eigenvalue weighted by Crippen LogP contribution is 2.34. The molecule has 2 aromatic rings. The Morgan fingerprint density at radius 3 is 2.57 bits per heavy atom. The zero-order valence-corrected chi connectivity index (χ0v) is 12.0. The van der Waals surface area contributed by atoms with E-state index in [9.17, 15) is 4.79 Å². The summed E-state index contributed by atoms with van der Waals surface area (Å²) in [6.45, 7) is 0. The summed E-state index contributed by atoms with van der Waals surface area (Å²) in [5.41, 5.74) is 0.938. The lowest BCUT2D eigenvalue weighted by molar-refractivity contribution is 0.0697. The number of aromatic nitrogens is 1. The van der Waals surface area contributed by atoms with E-state index >= 15 is 0 Å². The van der Waals surface area contributed by atoms with Crippen LogP contribution in [0.5, 0.6) is 11.5 Å². The monoisotopic (exact) mass is 288 g/mol. The number of aromatic carboxylic acids is 1. The zero-order chi connectivity index (χ0) is 15.4. The van der Waals surface area contributed by atoms with Gasteiger partial charge in [0.15, 0.2) is 0 Å². The summed E-state index contributed by atoms with van der Waals surface area (Å²) < 4.78 is 10.5. The SMILES string of the molecule is COc1ccc(N(C)c2cc(C(=O)O)ccn2)c(OC)c1. The first kappa shape index (κ1) is 14.6. The molecule has 0 saturated heterocycles. The van der Waals surface area contributed by atoms with Gasteiger partial charge < -0.3 is 19.5 Å². The molecular weight excluding hydrogens is 272 g/mol. The molecule has 1 aromatic heterocycles. The first-order valence-corrected chi connectivity index (χ1v) is 6.22. The van der Waals surface area contributed by atoms with Crippen molar-refractivity contribution in [3.63, 3.8) is 0 Å². The Morgan fingerprint density at radius 2 is 1.95 bits per heavy atom. The summed E-state index contributed by atoms with van der Waals surface area (Å²) in [7, 11) is 4.93. The number of hydrogen-bond donors (Lipinski definition) is 1. The summed E-state index contributed by atoms with van der Waals surface area (Å²) in [5.74, 6) is 0.808. The first-order chi connectivity index (χ1) is 10.1. The van der Waals surface area contributed by atoms with E-state index in [0.29, 0.717) is 17.3 Å². The maximum Gasteiger partial charge on any atom is 0.335 e. The lowest BCUT2D eigenvalue weighted by atomic mass is 10.2. The molecule has 21 heavy (non-hydrogen) atoms. The molecule has 0 unspecified atom stereocenters. The van der Waals surface area contributed by atoms with Gasteiger partial charge in [-0.25, -0.2) is 9.78 Å². The average Bonchev–Trinajstić information content (AvgIpc) is 2.53. The molecular formula is C15H16N2O4. The Kier molecular flexibility index (Phi) is 4.27. The standard InChI is InChI=1S/C15H16N2O4/c1-17(14-8-10(15(18)19)6-7-16-14)12-5-4-11(20-2)9-13(12)21-3/h4-9H,1-3H3,(H,18,19). The van der Waals surface area contributed by atoms with E-state index in [0.717, 1.165) is 5.69 Å². The predicted molar refractivity (Wildman–Crippen MR) is 78.8 cm³/mol. The van der Waals surface area contributed by atoms with Crippen molar-refractivity contribution in [2.45, 2.75) is 0 Å². The van der Waals surface area contributed by atoms with Crippen molar-refractivity contribution in [1.29, 1.82) is 0 Å².